The summed E-state index contributed by atoms with van der Waals surface area (Å²) in [4.78, 5) is 0. The normalized spacial score (nSPS) is 11.4. The molecule has 130 valence electrons. The summed E-state index contributed by atoms with van der Waals surface area (Å²) >= 11 is 0. The zero-order valence-corrected chi connectivity index (χ0v) is 14.9. The Labute approximate surface area is 159 Å². The van der Waals surface area contributed by atoms with Crippen LogP contribution in [0.1, 0.15) is 22.5 Å². The van der Waals surface area contributed by atoms with Crippen LogP contribution in [0.15, 0.2) is 97.1 Å². The van der Waals surface area contributed by atoms with Crippen LogP contribution in [-0.4, -0.2) is 9.78 Å². The Kier molecular flexibility index (Phi) is 5.07. The average Bonchev–Trinajstić information content (AvgIpc) is 3.16. The Bertz CT molecular complexity index is 1040. The summed E-state index contributed by atoms with van der Waals surface area (Å²) < 4.78 is 1.98. The van der Waals surface area contributed by atoms with Crippen LogP contribution < -0.4 is 0 Å². The van der Waals surface area contributed by atoms with Gasteiger partial charge in [0.15, 0.2) is 0 Å². The lowest BCUT2D eigenvalue weighted by Gasteiger charge is -2.03. The Hall–Kier alpha value is -3.65. The summed E-state index contributed by atoms with van der Waals surface area (Å²) in [6.07, 6.45) is 8.35. The monoisotopic (exact) mass is 348 g/mol. The third-order valence-electron chi connectivity index (χ3n) is 4.25. The molecule has 2 nitrogen and oxygen atoms in total. The number of nitrogens with zero attached hydrogens (tertiary/aromatic N) is 2. The first-order valence-corrected chi connectivity index (χ1v) is 9.00. The summed E-state index contributed by atoms with van der Waals surface area (Å²) in [6, 6.07) is 32.9. The standard InChI is InChI=1S/C25H20N2/c1-4-10-21(11-5-1)16-18-23-20-25(19-17-22-12-6-2-7-13-22)27(26-23)24-14-8-3-9-15-24/h1-20H. The third kappa shape index (κ3) is 4.31. The molecule has 0 saturated carbocycles. The van der Waals surface area contributed by atoms with Crippen molar-refractivity contribution in [3.8, 4) is 5.69 Å². The molecule has 0 unspecified atom stereocenters. The minimum absolute atomic E-state index is 0.926. The molecular formula is C25H20N2. The fraction of sp³-hybridized carbons (Fsp3) is 0. The highest BCUT2D eigenvalue weighted by Crippen LogP contribution is 2.17. The number of hydrogen-bond donors (Lipinski definition) is 0. The van der Waals surface area contributed by atoms with E-state index in [0.717, 1.165) is 22.6 Å². The van der Waals surface area contributed by atoms with Crippen LogP contribution in [0.5, 0.6) is 0 Å². The van der Waals surface area contributed by atoms with Gasteiger partial charge in [0, 0.05) is 0 Å². The molecular weight excluding hydrogens is 328 g/mol. The van der Waals surface area contributed by atoms with Gasteiger partial charge in [-0.1, -0.05) is 91.0 Å². The van der Waals surface area contributed by atoms with Gasteiger partial charge in [-0.3, -0.25) is 0 Å². The van der Waals surface area contributed by atoms with Crippen molar-refractivity contribution in [3.63, 3.8) is 0 Å². The molecule has 0 aliphatic heterocycles. The van der Waals surface area contributed by atoms with Crippen molar-refractivity contribution in [3.05, 3.63) is 120 Å². The first kappa shape index (κ1) is 16.8. The topological polar surface area (TPSA) is 17.8 Å². The Morgan fingerprint density at radius 3 is 1.67 bits per heavy atom. The molecule has 0 spiro atoms. The van der Waals surface area contributed by atoms with E-state index in [1.165, 1.54) is 5.56 Å². The zero-order chi connectivity index (χ0) is 18.3. The highest BCUT2D eigenvalue weighted by atomic mass is 15.3. The quantitative estimate of drug-likeness (QED) is 0.419. The molecule has 4 rings (SSSR count). The molecule has 0 saturated heterocycles. The molecule has 4 aromatic rings. The van der Waals surface area contributed by atoms with Crippen molar-refractivity contribution in [2.75, 3.05) is 0 Å². The lowest BCUT2D eigenvalue weighted by atomic mass is 10.2. The van der Waals surface area contributed by atoms with Crippen LogP contribution in [-0.2, 0) is 0 Å². The lowest BCUT2D eigenvalue weighted by molar-refractivity contribution is 0.867. The van der Waals surface area contributed by atoms with Crippen molar-refractivity contribution in [2.24, 2.45) is 0 Å². The van der Waals surface area contributed by atoms with E-state index in [2.05, 4.69) is 66.8 Å². The van der Waals surface area contributed by atoms with E-state index < -0.39 is 0 Å². The number of hydrogen-bond acceptors (Lipinski definition) is 1. The van der Waals surface area contributed by atoms with Crippen LogP contribution in [0.3, 0.4) is 0 Å². The molecule has 1 aromatic heterocycles. The largest absolute Gasteiger partial charge is 0.233 e. The van der Waals surface area contributed by atoms with E-state index in [1.54, 1.807) is 0 Å². The van der Waals surface area contributed by atoms with Crippen molar-refractivity contribution < 1.29 is 0 Å². The van der Waals surface area contributed by atoms with E-state index in [0.29, 0.717) is 0 Å². The Balaban J connectivity index is 1.69. The summed E-state index contributed by atoms with van der Waals surface area (Å²) in [5.41, 5.74) is 5.34. The fourth-order valence-electron chi connectivity index (χ4n) is 2.88. The van der Waals surface area contributed by atoms with Gasteiger partial charge in [0.25, 0.3) is 0 Å². The SMILES string of the molecule is C(=Cc1cc(C=Cc2ccccc2)n(-c2ccccc2)n1)c1ccccc1. The van der Waals surface area contributed by atoms with E-state index in [4.69, 9.17) is 5.10 Å². The first-order valence-electron chi connectivity index (χ1n) is 9.00. The molecule has 27 heavy (non-hydrogen) atoms. The molecule has 3 aromatic carbocycles. The second-order valence-corrected chi connectivity index (χ2v) is 6.23. The molecule has 0 aliphatic rings. The summed E-state index contributed by atoms with van der Waals surface area (Å²) in [5, 5.41) is 4.79. The molecule has 1 heterocycles. The predicted octanol–water partition coefficient (Wildman–Crippen LogP) is 6.21. The van der Waals surface area contributed by atoms with Crippen molar-refractivity contribution in [1.82, 2.24) is 9.78 Å². The van der Waals surface area contributed by atoms with Crippen LogP contribution >= 0.6 is 0 Å². The van der Waals surface area contributed by atoms with Gasteiger partial charge in [0.05, 0.1) is 17.1 Å². The zero-order valence-electron chi connectivity index (χ0n) is 14.9. The predicted molar refractivity (Wildman–Crippen MR) is 114 cm³/mol. The maximum atomic E-state index is 4.79. The second kappa shape index (κ2) is 8.15. The third-order valence-corrected chi connectivity index (χ3v) is 4.25. The van der Waals surface area contributed by atoms with Gasteiger partial charge >= 0.3 is 0 Å². The minimum atomic E-state index is 0.926. The highest BCUT2D eigenvalue weighted by Gasteiger charge is 2.05. The number of aromatic nitrogens is 2. The first-order chi connectivity index (χ1) is 13.4. The van der Waals surface area contributed by atoms with Crippen molar-refractivity contribution >= 4 is 24.3 Å². The summed E-state index contributed by atoms with van der Waals surface area (Å²) in [6.45, 7) is 0. The maximum Gasteiger partial charge on any atom is 0.0861 e. The number of para-hydroxylation sites is 1. The highest BCUT2D eigenvalue weighted by molar-refractivity contribution is 5.73. The second-order valence-electron chi connectivity index (χ2n) is 6.23. The average molecular weight is 348 g/mol. The number of benzene rings is 3. The van der Waals surface area contributed by atoms with Gasteiger partial charge in [-0.2, -0.15) is 5.10 Å². The van der Waals surface area contributed by atoms with Crippen LogP contribution in [0, 0.1) is 0 Å². The van der Waals surface area contributed by atoms with Crippen molar-refractivity contribution in [1.29, 1.82) is 0 Å². The number of rotatable bonds is 5. The smallest absolute Gasteiger partial charge is 0.0861 e. The molecule has 0 bridgehead atoms. The molecule has 0 atom stereocenters. The van der Waals surface area contributed by atoms with Gasteiger partial charge in [-0.25, -0.2) is 4.68 Å². The maximum absolute atomic E-state index is 4.79. The van der Waals surface area contributed by atoms with Gasteiger partial charge in [0.2, 0.25) is 0 Å². The Morgan fingerprint density at radius 1 is 0.556 bits per heavy atom. The molecule has 0 fully saturated rings. The molecule has 0 amide bonds. The molecule has 2 heteroatoms. The van der Waals surface area contributed by atoms with Crippen LogP contribution in [0.4, 0.5) is 0 Å². The minimum Gasteiger partial charge on any atom is -0.233 e. The summed E-state index contributed by atoms with van der Waals surface area (Å²) in [7, 11) is 0. The van der Waals surface area contributed by atoms with Gasteiger partial charge < -0.3 is 0 Å². The summed E-state index contributed by atoms with van der Waals surface area (Å²) in [5.74, 6) is 0. The fourth-order valence-corrected chi connectivity index (χ4v) is 2.88. The van der Waals surface area contributed by atoms with E-state index in [-0.39, 0.29) is 0 Å². The molecule has 0 aliphatic carbocycles. The van der Waals surface area contributed by atoms with Gasteiger partial charge in [-0.05, 0) is 41.5 Å². The van der Waals surface area contributed by atoms with Gasteiger partial charge in [-0.15, -0.1) is 0 Å². The van der Waals surface area contributed by atoms with Crippen LogP contribution in [0.25, 0.3) is 30.0 Å². The lowest BCUT2D eigenvalue weighted by Crippen LogP contribution is -1.98. The molecule has 0 radical (unpaired) electrons. The van der Waals surface area contributed by atoms with E-state index in [9.17, 15) is 0 Å². The Morgan fingerprint density at radius 2 is 1.07 bits per heavy atom. The van der Waals surface area contributed by atoms with Gasteiger partial charge in [0.1, 0.15) is 0 Å². The van der Waals surface area contributed by atoms with E-state index >= 15 is 0 Å². The van der Waals surface area contributed by atoms with Crippen molar-refractivity contribution in [2.45, 2.75) is 0 Å². The van der Waals surface area contributed by atoms with Crippen LogP contribution in [0.2, 0.25) is 0 Å². The molecule has 0 N–H and O–H groups in total. The van der Waals surface area contributed by atoms with E-state index in [1.807, 2.05) is 59.3 Å².